The van der Waals surface area contributed by atoms with Gasteiger partial charge >= 0.3 is 11.9 Å². The Hall–Kier alpha value is -3.70. The number of carbonyl (C=O) groups is 5. The maximum Gasteiger partial charge on any atom is 0.335 e. The lowest BCUT2D eigenvalue weighted by Crippen LogP contribution is -2.49. The van der Waals surface area contributed by atoms with Crippen molar-refractivity contribution in [1.82, 2.24) is 9.80 Å². The van der Waals surface area contributed by atoms with Gasteiger partial charge in [0.15, 0.2) is 18.0 Å². The molecule has 0 radical (unpaired) electrons. The van der Waals surface area contributed by atoms with Crippen molar-refractivity contribution in [1.29, 1.82) is 0 Å². The van der Waals surface area contributed by atoms with Gasteiger partial charge in [0.2, 0.25) is 11.8 Å². The fraction of sp³-hybridized carbons (Fsp3) is 0.633. The van der Waals surface area contributed by atoms with Crippen LogP contribution < -0.4 is 9.64 Å². The number of hydrogen-bond acceptors (Lipinski definition) is 12. The monoisotopic (exact) mass is 653 g/mol. The fourth-order valence-electron chi connectivity index (χ4n) is 6.29. The van der Waals surface area contributed by atoms with Gasteiger partial charge < -0.3 is 40.3 Å². The Kier molecular flexibility index (Phi) is 11.7. The van der Waals surface area contributed by atoms with E-state index in [4.69, 9.17) is 25.2 Å². The van der Waals surface area contributed by atoms with E-state index in [2.05, 4.69) is 4.90 Å². The number of aliphatic hydroxyl groups is 4. The third-order valence-corrected chi connectivity index (χ3v) is 8.86. The number of aliphatic carboxylic acids is 2. The summed E-state index contributed by atoms with van der Waals surface area (Å²) in [6, 6.07) is 4.61. The molecule has 2 amide bonds. The molecule has 1 aromatic carbocycles. The highest BCUT2D eigenvalue weighted by molar-refractivity contribution is 6.07. The summed E-state index contributed by atoms with van der Waals surface area (Å²) in [6.45, 7) is 2.17. The van der Waals surface area contributed by atoms with Crippen molar-refractivity contribution in [3.8, 4) is 5.75 Å². The summed E-state index contributed by atoms with van der Waals surface area (Å²) in [7, 11) is 0. The van der Waals surface area contributed by atoms with Crippen LogP contribution in [0.25, 0.3) is 0 Å². The van der Waals surface area contributed by atoms with Gasteiger partial charge in [0.05, 0.1) is 48.9 Å². The van der Waals surface area contributed by atoms with Gasteiger partial charge in [-0.05, 0) is 50.7 Å². The first-order valence-electron chi connectivity index (χ1n) is 15.2. The summed E-state index contributed by atoms with van der Waals surface area (Å²) in [5.41, 5.74) is 0.730. The predicted octanol–water partition coefficient (Wildman–Crippen LogP) is -1.17. The van der Waals surface area contributed by atoms with Crippen molar-refractivity contribution in [2.75, 3.05) is 44.2 Å². The van der Waals surface area contributed by atoms with Gasteiger partial charge in [0.25, 0.3) is 0 Å². The van der Waals surface area contributed by atoms with Crippen LogP contribution in [0.5, 0.6) is 5.75 Å². The number of nitrogens with zero attached hydrogens (tertiary/aromatic N) is 3. The van der Waals surface area contributed by atoms with Gasteiger partial charge in [-0.15, -0.1) is 0 Å². The van der Waals surface area contributed by atoms with Gasteiger partial charge in [-0.3, -0.25) is 24.2 Å². The molecular weight excluding hydrogens is 613 g/mol. The lowest BCUT2D eigenvalue weighted by Gasteiger charge is -2.36. The van der Waals surface area contributed by atoms with Crippen LogP contribution in [0.1, 0.15) is 38.5 Å². The van der Waals surface area contributed by atoms with E-state index in [-0.39, 0.29) is 43.6 Å². The van der Waals surface area contributed by atoms with Crippen molar-refractivity contribution in [2.45, 2.75) is 69.0 Å². The Morgan fingerprint density at radius 2 is 1.37 bits per heavy atom. The highest BCUT2D eigenvalue weighted by Gasteiger charge is 2.52. The fourth-order valence-corrected chi connectivity index (χ4v) is 6.29. The van der Waals surface area contributed by atoms with Crippen LogP contribution in [0.15, 0.2) is 18.2 Å². The van der Waals surface area contributed by atoms with Gasteiger partial charge in [0, 0.05) is 32.2 Å². The largest absolute Gasteiger partial charge is 0.488 e. The summed E-state index contributed by atoms with van der Waals surface area (Å²) < 4.78 is 20.2. The number of benzene rings is 1. The van der Waals surface area contributed by atoms with E-state index in [9.17, 15) is 38.6 Å². The number of piperazine rings is 1. The summed E-state index contributed by atoms with van der Waals surface area (Å²) in [5.74, 6) is -5.61. The Balaban J connectivity index is 0.000000416. The zero-order valence-electron chi connectivity index (χ0n) is 25.1. The predicted molar refractivity (Wildman–Crippen MR) is 155 cm³/mol. The van der Waals surface area contributed by atoms with E-state index in [0.717, 1.165) is 36.3 Å². The first kappa shape index (κ1) is 35.2. The summed E-state index contributed by atoms with van der Waals surface area (Å²) >= 11 is 0. The Labute approximate surface area is 263 Å². The number of ether oxygens (including phenoxy) is 1. The smallest absolute Gasteiger partial charge is 0.335 e. The van der Waals surface area contributed by atoms with Crippen LogP contribution in [-0.4, -0.2) is 140 Å². The average Bonchev–Trinajstić information content (AvgIpc) is 3.61. The molecule has 4 fully saturated rings. The number of halogens is 1. The number of hydrogen-bond donors (Lipinski definition) is 6. The molecule has 2 saturated carbocycles. The molecule has 2 aliphatic heterocycles. The molecule has 2 saturated heterocycles. The zero-order valence-corrected chi connectivity index (χ0v) is 25.1. The zero-order chi connectivity index (χ0) is 33.7. The number of carboxylic acids is 2. The van der Waals surface area contributed by atoms with E-state index >= 15 is 0 Å². The lowest BCUT2D eigenvalue weighted by molar-refractivity contribution is -0.165. The number of amides is 2. The molecule has 4 aliphatic rings. The van der Waals surface area contributed by atoms with Gasteiger partial charge in [0.1, 0.15) is 11.6 Å². The highest BCUT2D eigenvalue weighted by Crippen LogP contribution is 2.38. The molecule has 5 rings (SSSR count). The van der Waals surface area contributed by atoms with Crippen LogP contribution in [0.4, 0.5) is 10.1 Å². The number of carbonyl (C=O) groups excluding carboxylic acids is 3. The second-order valence-electron chi connectivity index (χ2n) is 12.1. The molecule has 254 valence electrons. The minimum Gasteiger partial charge on any atom is -0.488 e. The summed E-state index contributed by atoms with van der Waals surface area (Å²) in [5, 5.41) is 52.3. The normalized spacial score (nSPS) is 26.6. The molecule has 15 nitrogen and oxygen atoms in total. The van der Waals surface area contributed by atoms with E-state index < -0.39 is 60.0 Å². The van der Waals surface area contributed by atoms with Crippen molar-refractivity contribution in [3.63, 3.8) is 0 Å². The third-order valence-electron chi connectivity index (χ3n) is 8.86. The molecule has 6 unspecified atom stereocenters. The summed E-state index contributed by atoms with van der Waals surface area (Å²) in [6.07, 6.45) is -2.04. The van der Waals surface area contributed by atoms with Crippen LogP contribution in [0, 0.1) is 17.7 Å². The second kappa shape index (κ2) is 15.3. The molecule has 2 aliphatic carbocycles. The Morgan fingerprint density at radius 3 is 1.87 bits per heavy atom. The van der Waals surface area contributed by atoms with E-state index in [0.29, 0.717) is 31.9 Å². The first-order chi connectivity index (χ1) is 21.8. The van der Waals surface area contributed by atoms with Crippen molar-refractivity contribution in [2.24, 2.45) is 11.8 Å². The van der Waals surface area contributed by atoms with Gasteiger partial charge in [-0.2, -0.15) is 0 Å². The number of fused-ring (bicyclic) bond motifs is 1. The standard InChI is InChI=1S/C26H34FN3O6.C4H6O6/c27-16-5-6-24(36-18-3-1-2-4-18)21(11-16)29-9-7-28(8-10-29)14-17(31)15-30-25(34)19-12-22(32)23(33)13-20(19)26(30)35;5-1(3(7)8)2(6)4(9)10/h5-6,11,18-20,22-23,32-33H,1-4,7-10,12-15H2;1-2,5-6H,(H,7,8)(H,9,10). The molecule has 0 bridgehead atoms. The molecule has 6 N–H and O–H groups in total. The minimum atomic E-state index is -2.27. The topological polar surface area (TPSA) is 226 Å². The Bertz CT molecular complexity index is 1250. The van der Waals surface area contributed by atoms with Crippen molar-refractivity contribution in [3.05, 3.63) is 24.0 Å². The van der Waals surface area contributed by atoms with Crippen LogP contribution >= 0.6 is 0 Å². The number of likely N-dealkylation sites (tertiary alicyclic amines) is 1. The number of imide groups is 1. The molecule has 0 spiro atoms. The molecule has 1 aromatic rings. The van der Waals surface area contributed by atoms with Gasteiger partial charge in [-0.1, -0.05) is 0 Å². The molecule has 6 atom stereocenters. The number of aliphatic hydroxyl groups excluding tert-OH is 4. The highest BCUT2D eigenvalue weighted by atomic mass is 19.1. The van der Waals surface area contributed by atoms with Crippen molar-refractivity contribution >= 4 is 35.2 Å². The molecule has 2 heterocycles. The number of anilines is 1. The van der Waals surface area contributed by atoms with Gasteiger partial charge in [-0.25, -0.2) is 14.0 Å². The van der Waals surface area contributed by atoms with E-state index in [1.807, 2.05) is 4.90 Å². The molecule has 46 heavy (non-hydrogen) atoms. The number of carboxylic acid groups (broad SMARTS) is 2. The number of rotatable bonds is 10. The second-order valence-corrected chi connectivity index (χ2v) is 12.1. The lowest BCUT2D eigenvalue weighted by atomic mass is 9.78. The van der Waals surface area contributed by atoms with Crippen LogP contribution in [-0.2, 0) is 24.0 Å². The summed E-state index contributed by atoms with van der Waals surface area (Å²) in [4.78, 5) is 62.8. The van der Waals surface area contributed by atoms with E-state index in [1.165, 1.54) is 12.1 Å². The average molecular weight is 654 g/mol. The maximum absolute atomic E-state index is 14.0. The number of Topliss-reactive ketones (excluding diaryl/α,β-unsaturated/α-hetero) is 1. The quantitative estimate of drug-likeness (QED) is 0.164. The maximum atomic E-state index is 14.0. The first-order valence-corrected chi connectivity index (χ1v) is 15.2. The molecular formula is C30H40FN3O12. The Morgan fingerprint density at radius 1 is 0.848 bits per heavy atom. The van der Waals surface area contributed by atoms with Crippen molar-refractivity contribution < 1.29 is 63.7 Å². The number of ketones is 1. The minimum absolute atomic E-state index is 0.0373. The van der Waals surface area contributed by atoms with E-state index in [1.54, 1.807) is 6.07 Å². The van der Waals surface area contributed by atoms with Crippen LogP contribution in [0.2, 0.25) is 0 Å². The van der Waals surface area contributed by atoms with Crippen LogP contribution in [0.3, 0.4) is 0 Å². The third kappa shape index (κ3) is 8.36. The molecule has 16 heteroatoms. The molecule has 0 aromatic heterocycles. The SMILES string of the molecule is O=C(CN1CCN(c2cc(F)ccc2OC2CCCC2)CC1)CN1C(=O)C2CC(O)C(O)CC2C1=O.O=C(O)C(O)C(O)C(=O)O.